The molecule has 0 amide bonds. The Hall–Kier alpha value is -1.87. The fourth-order valence-electron chi connectivity index (χ4n) is 0.0677. The number of carboxylic acids is 1. The molecule has 0 aromatic heterocycles. The van der Waals surface area contributed by atoms with E-state index in [1.165, 1.54) is 0 Å². The number of carbonyl (C=O) groups is 2. The first-order valence-electron chi connectivity index (χ1n) is 2.68. The number of hydrogen-bond donors (Lipinski definition) is 1. The number of carbonyl (C=O) groups excluding carboxylic acids is 1. The summed E-state index contributed by atoms with van der Waals surface area (Å²) in [6.07, 6.45) is -5.08. The van der Waals surface area contributed by atoms with E-state index in [1.807, 2.05) is 0 Å². The maximum absolute atomic E-state index is 10.6. The first-order chi connectivity index (χ1) is 6.21. The second-order valence-electron chi connectivity index (χ2n) is 1.53. The molecule has 0 unspecified atom stereocenters. The highest BCUT2D eigenvalue weighted by atomic mass is 19.4. The average molecular weight is 219 g/mol. The molecule has 0 saturated carbocycles. The van der Waals surface area contributed by atoms with Crippen LogP contribution in [0.2, 0.25) is 0 Å². The van der Waals surface area contributed by atoms with Crippen LogP contribution in [-0.2, 0) is 19.5 Å². The van der Waals surface area contributed by atoms with Gasteiger partial charge < -0.3 is 5.11 Å². The second kappa shape index (κ2) is 6.62. The number of aliphatic carboxylic acids is 1. The molecule has 0 bridgehead atoms. The van der Waals surface area contributed by atoms with E-state index in [1.54, 1.807) is 5.34 Å². The largest absolute Gasteiger partial charge is 0.490 e. The minimum absolute atomic E-state index is 0.709. The minimum Gasteiger partial charge on any atom is -0.475 e. The molecule has 0 radical (unpaired) electrons. The number of halogens is 3. The Bertz CT molecular complexity index is 214. The molecule has 0 rings (SSSR count). The van der Waals surface area contributed by atoms with Gasteiger partial charge in [-0.15, -0.1) is 9.90 Å². The molecule has 0 aliphatic heterocycles. The van der Waals surface area contributed by atoms with E-state index in [9.17, 15) is 18.0 Å². The van der Waals surface area contributed by atoms with Crippen LogP contribution in [0.3, 0.4) is 0 Å². The SMILES string of the molecule is CC(=O)OON=O.O=C(O)C(F)(F)F. The average Bonchev–Trinajstić information content (AvgIpc) is 2.00. The van der Waals surface area contributed by atoms with Gasteiger partial charge >= 0.3 is 18.1 Å². The van der Waals surface area contributed by atoms with Crippen molar-refractivity contribution in [2.45, 2.75) is 13.1 Å². The van der Waals surface area contributed by atoms with Gasteiger partial charge in [-0.05, 0) is 0 Å². The molecule has 0 heterocycles. The number of rotatable bonds is 2. The lowest BCUT2D eigenvalue weighted by molar-refractivity contribution is -0.272. The third-order valence-corrected chi connectivity index (χ3v) is 0.428. The molecule has 0 atom stereocenters. The van der Waals surface area contributed by atoms with Crippen molar-refractivity contribution >= 4 is 11.9 Å². The van der Waals surface area contributed by atoms with Gasteiger partial charge in [-0.25, -0.2) is 14.5 Å². The van der Waals surface area contributed by atoms with Gasteiger partial charge in [0.2, 0.25) is 5.34 Å². The summed E-state index contributed by atoms with van der Waals surface area (Å²) < 4.78 is 31.7. The monoisotopic (exact) mass is 219 g/mol. The standard InChI is InChI=1S/C2HF3O2.C2H3NO4/c3-2(4,5)1(6)7;1-2(4)6-7-3-5/h(H,6,7);1H3. The number of alkyl halides is 3. The van der Waals surface area contributed by atoms with Crippen molar-refractivity contribution in [2.24, 2.45) is 5.34 Å². The molecule has 0 aliphatic carbocycles. The van der Waals surface area contributed by atoms with Gasteiger partial charge in [-0.2, -0.15) is 13.2 Å². The van der Waals surface area contributed by atoms with Gasteiger partial charge in [-0.3, -0.25) is 0 Å². The van der Waals surface area contributed by atoms with Crippen LogP contribution in [0, 0.1) is 4.91 Å². The molecule has 0 saturated heterocycles. The fourth-order valence-corrected chi connectivity index (χ4v) is 0.0677. The fraction of sp³-hybridized carbons (Fsp3) is 0.500. The maximum Gasteiger partial charge on any atom is 0.490 e. The molecule has 0 spiro atoms. The lowest BCUT2D eigenvalue weighted by Crippen LogP contribution is -2.21. The van der Waals surface area contributed by atoms with Crippen LogP contribution in [-0.4, -0.2) is 23.2 Å². The first kappa shape index (κ1) is 14.6. The third-order valence-electron chi connectivity index (χ3n) is 0.428. The zero-order chi connectivity index (χ0) is 11.8. The highest BCUT2D eigenvalue weighted by Gasteiger charge is 2.38. The third kappa shape index (κ3) is 12.8. The summed E-state index contributed by atoms with van der Waals surface area (Å²) in [5, 5.41) is 8.91. The Balaban J connectivity index is 0. The van der Waals surface area contributed by atoms with Gasteiger partial charge in [0, 0.05) is 6.92 Å². The number of nitrogens with zero attached hydrogens (tertiary/aromatic N) is 1. The van der Waals surface area contributed by atoms with Crippen molar-refractivity contribution in [3.05, 3.63) is 4.91 Å². The molecule has 0 aromatic rings. The highest BCUT2D eigenvalue weighted by molar-refractivity contribution is 5.73. The smallest absolute Gasteiger partial charge is 0.475 e. The lowest BCUT2D eigenvalue weighted by atomic mass is 10.7. The molecule has 7 nitrogen and oxygen atoms in total. The molecule has 0 fully saturated rings. The molecule has 0 aromatic carbocycles. The predicted molar refractivity (Wildman–Crippen MR) is 32.3 cm³/mol. The Labute approximate surface area is 74.3 Å². The molecule has 10 heteroatoms. The highest BCUT2D eigenvalue weighted by Crippen LogP contribution is 2.13. The lowest BCUT2D eigenvalue weighted by Gasteiger charge is -1.93. The van der Waals surface area contributed by atoms with E-state index in [0.717, 1.165) is 6.92 Å². The van der Waals surface area contributed by atoms with Crippen LogP contribution in [0.15, 0.2) is 5.34 Å². The summed E-state index contributed by atoms with van der Waals surface area (Å²) in [4.78, 5) is 34.4. The molecule has 82 valence electrons. The van der Waals surface area contributed by atoms with Gasteiger partial charge in [0.1, 0.15) is 0 Å². The predicted octanol–water partition coefficient (Wildman–Crippen LogP) is 0.796. The van der Waals surface area contributed by atoms with Crippen LogP contribution < -0.4 is 0 Å². The van der Waals surface area contributed by atoms with E-state index in [0.29, 0.717) is 0 Å². The first-order valence-corrected chi connectivity index (χ1v) is 2.68. The summed E-state index contributed by atoms with van der Waals surface area (Å²) in [5.41, 5.74) is 0. The summed E-state index contributed by atoms with van der Waals surface area (Å²) in [5.74, 6) is -3.47. The summed E-state index contributed by atoms with van der Waals surface area (Å²) in [6.45, 7) is 1.09. The van der Waals surface area contributed by atoms with Crippen LogP contribution in [0.5, 0.6) is 0 Å². The van der Waals surface area contributed by atoms with Crippen LogP contribution >= 0.6 is 0 Å². The normalized spacial score (nSPS) is 9.14. The topological polar surface area (TPSA) is 102 Å². The van der Waals surface area contributed by atoms with Gasteiger partial charge in [0.15, 0.2) is 0 Å². The molecule has 1 N–H and O–H groups in total. The Morgan fingerprint density at radius 3 is 1.79 bits per heavy atom. The van der Waals surface area contributed by atoms with Crippen molar-refractivity contribution in [2.75, 3.05) is 0 Å². The summed E-state index contributed by atoms with van der Waals surface area (Å²) in [6, 6.07) is 0. The summed E-state index contributed by atoms with van der Waals surface area (Å²) >= 11 is 0. The zero-order valence-corrected chi connectivity index (χ0v) is 6.57. The molecule has 0 aliphatic rings. The quantitative estimate of drug-likeness (QED) is 0.418. The van der Waals surface area contributed by atoms with Crippen molar-refractivity contribution in [1.82, 2.24) is 0 Å². The van der Waals surface area contributed by atoms with Crippen molar-refractivity contribution in [1.29, 1.82) is 0 Å². The van der Waals surface area contributed by atoms with Crippen molar-refractivity contribution in [3.63, 3.8) is 0 Å². The zero-order valence-electron chi connectivity index (χ0n) is 6.57. The minimum atomic E-state index is -5.08. The van der Waals surface area contributed by atoms with Crippen LogP contribution in [0.1, 0.15) is 6.92 Å². The van der Waals surface area contributed by atoms with Crippen molar-refractivity contribution in [3.8, 4) is 0 Å². The van der Waals surface area contributed by atoms with E-state index < -0.39 is 18.1 Å². The Morgan fingerprint density at radius 1 is 1.36 bits per heavy atom. The van der Waals surface area contributed by atoms with E-state index in [2.05, 4.69) is 9.88 Å². The summed E-state index contributed by atoms with van der Waals surface area (Å²) in [7, 11) is 0. The second-order valence-corrected chi connectivity index (χ2v) is 1.53. The van der Waals surface area contributed by atoms with Gasteiger partial charge in [0.05, 0.1) is 0 Å². The van der Waals surface area contributed by atoms with Crippen LogP contribution in [0.25, 0.3) is 0 Å². The van der Waals surface area contributed by atoms with E-state index in [-0.39, 0.29) is 0 Å². The van der Waals surface area contributed by atoms with Gasteiger partial charge in [-0.1, -0.05) is 0 Å². The van der Waals surface area contributed by atoms with E-state index >= 15 is 0 Å². The van der Waals surface area contributed by atoms with Gasteiger partial charge in [0.25, 0.3) is 0 Å². The number of hydrogen-bond acceptors (Lipinski definition) is 6. The van der Waals surface area contributed by atoms with Crippen LogP contribution in [0.4, 0.5) is 13.2 Å². The van der Waals surface area contributed by atoms with Crippen molar-refractivity contribution < 1.29 is 37.7 Å². The Morgan fingerprint density at radius 2 is 1.71 bits per heavy atom. The molecular formula is C4H4F3NO6. The molecular weight excluding hydrogens is 215 g/mol. The Kier molecular flexibility index (Phi) is 6.93. The van der Waals surface area contributed by atoms with E-state index in [4.69, 9.17) is 14.8 Å². The number of carboxylic acid groups (broad SMARTS) is 1. The molecule has 14 heavy (non-hydrogen) atoms. The maximum atomic E-state index is 10.6.